The van der Waals surface area contributed by atoms with Gasteiger partial charge in [-0.2, -0.15) is 10.2 Å². The Morgan fingerprint density at radius 1 is 1.39 bits per heavy atom. The Balaban J connectivity index is 2.03. The first kappa shape index (κ1) is 16.7. The number of nitrogens with zero attached hydrogens (tertiary/aromatic N) is 2. The summed E-state index contributed by atoms with van der Waals surface area (Å²) in [7, 11) is 0. The summed E-state index contributed by atoms with van der Waals surface area (Å²) in [6, 6.07) is 9.23. The van der Waals surface area contributed by atoms with Crippen LogP contribution in [0.3, 0.4) is 0 Å². The summed E-state index contributed by atoms with van der Waals surface area (Å²) in [6.07, 6.45) is 1.56. The summed E-state index contributed by atoms with van der Waals surface area (Å²) in [5.41, 5.74) is 4.39. The Kier molecular flexibility index (Phi) is 5.16. The fraction of sp³-hybridized carbons (Fsp3) is 0.353. The molecule has 6 nitrogen and oxygen atoms in total. The van der Waals surface area contributed by atoms with Crippen LogP contribution in [0.25, 0.3) is 0 Å². The van der Waals surface area contributed by atoms with Crippen molar-refractivity contribution in [2.24, 2.45) is 5.10 Å². The Hall–Kier alpha value is -2.63. The summed E-state index contributed by atoms with van der Waals surface area (Å²) >= 11 is 0. The molecule has 122 valence electrons. The van der Waals surface area contributed by atoms with Gasteiger partial charge in [-0.05, 0) is 25.1 Å². The van der Waals surface area contributed by atoms with Crippen LogP contribution in [-0.4, -0.2) is 28.9 Å². The van der Waals surface area contributed by atoms with Crippen LogP contribution in [0.2, 0.25) is 0 Å². The minimum Gasteiger partial charge on any atom is -0.493 e. The molecule has 0 bridgehead atoms. The van der Waals surface area contributed by atoms with Crippen LogP contribution in [0.1, 0.15) is 49.4 Å². The lowest BCUT2D eigenvalue weighted by molar-refractivity contribution is 0.0950. The second-order valence-electron chi connectivity index (χ2n) is 6.09. The molecule has 0 aliphatic heterocycles. The first-order chi connectivity index (χ1) is 10.9. The molecule has 6 heteroatoms. The number of carbonyl (C=O) groups excluding carboxylic acids is 1. The van der Waals surface area contributed by atoms with Crippen LogP contribution >= 0.6 is 0 Å². The molecule has 1 amide bonds. The molecular formula is C17H22N4O2. The molecule has 0 radical (unpaired) electrons. The second kappa shape index (κ2) is 7.09. The number of H-pyrrole nitrogens is 1. The lowest BCUT2D eigenvalue weighted by atomic mass is 9.92. The molecule has 0 fully saturated rings. The van der Waals surface area contributed by atoms with Crippen LogP contribution in [0.5, 0.6) is 5.75 Å². The normalized spacial score (nSPS) is 11.7. The molecule has 2 aromatic rings. The Morgan fingerprint density at radius 2 is 2.13 bits per heavy atom. The predicted octanol–water partition coefficient (Wildman–Crippen LogP) is 2.87. The quantitative estimate of drug-likeness (QED) is 0.658. The molecule has 0 saturated carbocycles. The monoisotopic (exact) mass is 314 g/mol. The van der Waals surface area contributed by atoms with E-state index < -0.39 is 0 Å². The number of aromatic nitrogens is 2. The maximum atomic E-state index is 12.0. The van der Waals surface area contributed by atoms with Crippen molar-refractivity contribution in [1.82, 2.24) is 15.6 Å². The SMILES string of the molecule is CCOc1ccccc1/C=N/NC(=O)c1cc(C(C)(C)C)[nH]n1. The number of para-hydroxylation sites is 1. The average molecular weight is 314 g/mol. The van der Waals surface area contributed by atoms with E-state index >= 15 is 0 Å². The Bertz CT molecular complexity index is 699. The van der Waals surface area contributed by atoms with Crippen molar-refractivity contribution in [3.05, 3.63) is 47.3 Å². The van der Waals surface area contributed by atoms with Crippen LogP contribution < -0.4 is 10.2 Å². The van der Waals surface area contributed by atoms with Gasteiger partial charge in [0.25, 0.3) is 5.91 Å². The van der Waals surface area contributed by atoms with Gasteiger partial charge in [0, 0.05) is 16.7 Å². The van der Waals surface area contributed by atoms with Gasteiger partial charge in [0.2, 0.25) is 0 Å². The molecule has 0 unspecified atom stereocenters. The van der Waals surface area contributed by atoms with Gasteiger partial charge >= 0.3 is 0 Å². The largest absolute Gasteiger partial charge is 0.493 e. The molecule has 2 rings (SSSR count). The molecule has 1 heterocycles. The van der Waals surface area contributed by atoms with Crippen molar-refractivity contribution < 1.29 is 9.53 Å². The lowest BCUT2D eigenvalue weighted by Crippen LogP contribution is -2.18. The Morgan fingerprint density at radius 3 is 2.78 bits per heavy atom. The standard InChI is InChI=1S/C17H22N4O2/c1-5-23-14-9-7-6-8-12(14)11-18-21-16(22)13-10-15(20-19-13)17(2,3)4/h6-11H,5H2,1-4H3,(H,19,20)(H,21,22)/b18-11+. The van der Waals surface area contributed by atoms with Gasteiger partial charge in [0.1, 0.15) is 5.75 Å². The molecule has 1 aromatic heterocycles. The maximum absolute atomic E-state index is 12.0. The highest BCUT2D eigenvalue weighted by Gasteiger charge is 2.19. The molecule has 0 aliphatic rings. The average Bonchev–Trinajstić information content (AvgIpc) is 2.99. The first-order valence-electron chi connectivity index (χ1n) is 7.53. The lowest BCUT2D eigenvalue weighted by Gasteiger charge is -2.14. The van der Waals surface area contributed by atoms with Crippen molar-refractivity contribution in [2.45, 2.75) is 33.1 Å². The smallest absolute Gasteiger partial charge is 0.291 e. The van der Waals surface area contributed by atoms with E-state index in [2.05, 4.69) is 20.7 Å². The number of carbonyl (C=O) groups is 1. The predicted molar refractivity (Wildman–Crippen MR) is 90.0 cm³/mol. The fourth-order valence-electron chi connectivity index (χ4n) is 1.91. The third-order valence-electron chi connectivity index (χ3n) is 3.21. The summed E-state index contributed by atoms with van der Waals surface area (Å²) in [4.78, 5) is 12.0. The molecular weight excluding hydrogens is 292 g/mol. The van der Waals surface area contributed by atoms with E-state index in [1.165, 1.54) is 0 Å². The molecule has 0 aliphatic carbocycles. The minimum atomic E-state index is -0.359. The van der Waals surface area contributed by atoms with E-state index in [-0.39, 0.29) is 11.3 Å². The summed E-state index contributed by atoms with van der Waals surface area (Å²) < 4.78 is 5.50. The van der Waals surface area contributed by atoms with Gasteiger partial charge < -0.3 is 4.74 Å². The van der Waals surface area contributed by atoms with Crippen molar-refractivity contribution in [1.29, 1.82) is 0 Å². The van der Waals surface area contributed by atoms with E-state index in [0.29, 0.717) is 12.3 Å². The summed E-state index contributed by atoms with van der Waals surface area (Å²) in [6.45, 7) is 8.63. The van der Waals surface area contributed by atoms with Crippen LogP contribution in [0.4, 0.5) is 0 Å². The van der Waals surface area contributed by atoms with Crippen molar-refractivity contribution in [2.75, 3.05) is 6.61 Å². The molecule has 1 aromatic carbocycles. The highest BCUT2D eigenvalue weighted by atomic mass is 16.5. The highest BCUT2D eigenvalue weighted by Crippen LogP contribution is 2.20. The first-order valence-corrected chi connectivity index (χ1v) is 7.53. The number of hydrogen-bond acceptors (Lipinski definition) is 4. The number of hydrazone groups is 1. The van der Waals surface area contributed by atoms with Crippen LogP contribution in [0, 0.1) is 0 Å². The Labute approximate surface area is 135 Å². The third-order valence-corrected chi connectivity index (χ3v) is 3.21. The van der Waals surface area contributed by atoms with E-state index in [0.717, 1.165) is 17.0 Å². The van der Waals surface area contributed by atoms with Crippen molar-refractivity contribution >= 4 is 12.1 Å². The summed E-state index contributed by atoms with van der Waals surface area (Å²) in [5, 5.41) is 10.9. The zero-order valence-corrected chi connectivity index (χ0v) is 13.9. The van der Waals surface area contributed by atoms with E-state index in [4.69, 9.17) is 4.74 Å². The van der Waals surface area contributed by atoms with Crippen LogP contribution in [-0.2, 0) is 5.41 Å². The van der Waals surface area contributed by atoms with Gasteiger partial charge in [-0.15, -0.1) is 0 Å². The van der Waals surface area contributed by atoms with Gasteiger partial charge in [-0.1, -0.05) is 32.9 Å². The number of ether oxygens (including phenoxy) is 1. The van der Waals surface area contributed by atoms with Gasteiger partial charge in [0.15, 0.2) is 5.69 Å². The fourth-order valence-corrected chi connectivity index (χ4v) is 1.91. The van der Waals surface area contributed by atoms with Gasteiger partial charge in [-0.25, -0.2) is 5.43 Å². The molecule has 0 spiro atoms. The number of aromatic amines is 1. The van der Waals surface area contributed by atoms with E-state index in [1.54, 1.807) is 12.3 Å². The molecule has 0 atom stereocenters. The maximum Gasteiger partial charge on any atom is 0.291 e. The zero-order valence-electron chi connectivity index (χ0n) is 13.9. The minimum absolute atomic E-state index is 0.0920. The highest BCUT2D eigenvalue weighted by molar-refractivity contribution is 5.93. The second-order valence-corrected chi connectivity index (χ2v) is 6.09. The number of rotatable bonds is 5. The van der Waals surface area contributed by atoms with E-state index in [9.17, 15) is 4.79 Å². The number of nitrogens with one attached hydrogen (secondary N) is 2. The number of benzene rings is 1. The van der Waals surface area contributed by atoms with Gasteiger partial charge in [0.05, 0.1) is 12.8 Å². The van der Waals surface area contributed by atoms with Crippen LogP contribution in [0.15, 0.2) is 35.4 Å². The number of amides is 1. The molecule has 23 heavy (non-hydrogen) atoms. The van der Waals surface area contributed by atoms with Gasteiger partial charge in [-0.3, -0.25) is 9.89 Å². The van der Waals surface area contributed by atoms with Crippen molar-refractivity contribution in [3.8, 4) is 5.75 Å². The number of hydrogen-bond donors (Lipinski definition) is 2. The molecule has 2 N–H and O–H groups in total. The zero-order chi connectivity index (χ0) is 16.9. The third kappa shape index (κ3) is 4.42. The van der Waals surface area contributed by atoms with E-state index in [1.807, 2.05) is 52.0 Å². The summed E-state index contributed by atoms with van der Waals surface area (Å²) in [5.74, 6) is 0.365. The van der Waals surface area contributed by atoms with Crippen molar-refractivity contribution in [3.63, 3.8) is 0 Å². The topological polar surface area (TPSA) is 79.4 Å². The molecule has 0 saturated heterocycles.